The predicted molar refractivity (Wildman–Crippen MR) is 234 cm³/mol. The van der Waals surface area contributed by atoms with Gasteiger partial charge in [-0.05, 0) is 89.8 Å². The molecule has 268 valence electrons. The van der Waals surface area contributed by atoms with Crippen molar-refractivity contribution >= 4 is 60.8 Å². The SMILES string of the molecule is C1=Cc2c(oc3cccc(-c4cc(-c5ccccc5)nc(-c5ccc6c(c5)oc5ccccc56)c4)c23)C(c2ccc3c(c2)c2ccccc2n3-c2ccccc2)C1. The normalized spacial score (nSPS) is 14.0. The molecule has 0 N–H and O–H groups in total. The van der Waals surface area contributed by atoms with Gasteiger partial charge in [0, 0.05) is 55.2 Å². The molecule has 1 unspecified atom stereocenters. The fraction of sp³-hybridized carbons (Fsp3) is 0.0377. The van der Waals surface area contributed by atoms with Crippen LogP contribution in [0.25, 0.3) is 100 Å². The molecule has 57 heavy (non-hydrogen) atoms. The summed E-state index contributed by atoms with van der Waals surface area (Å²) in [6, 6.07) is 62.3. The molecule has 12 rings (SSSR count). The minimum atomic E-state index is 0.0805. The van der Waals surface area contributed by atoms with E-state index in [2.05, 4.69) is 174 Å². The summed E-state index contributed by atoms with van der Waals surface area (Å²) in [5, 5.41) is 5.84. The molecule has 0 bridgehead atoms. The third-order valence-electron chi connectivity index (χ3n) is 11.7. The van der Waals surface area contributed by atoms with Gasteiger partial charge in [0.2, 0.25) is 0 Å². The highest BCUT2D eigenvalue weighted by Gasteiger charge is 2.28. The molecule has 0 spiro atoms. The van der Waals surface area contributed by atoms with E-state index >= 15 is 0 Å². The number of fused-ring (bicyclic) bond motifs is 9. The lowest BCUT2D eigenvalue weighted by molar-refractivity contribution is 0.517. The highest BCUT2D eigenvalue weighted by molar-refractivity contribution is 6.10. The number of para-hydroxylation sites is 3. The molecule has 1 aliphatic carbocycles. The van der Waals surface area contributed by atoms with Gasteiger partial charge in [0.05, 0.1) is 22.4 Å². The third kappa shape index (κ3) is 5.04. The fourth-order valence-corrected chi connectivity index (χ4v) is 9.11. The van der Waals surface area contributed by atoms with Gasteiger partial charge in [-0.1, -0.05) is 121 Å². The van der Waals surface area contributed by atoms with Crippen LogP contribution in [0.4, 0.5) is 0 Å². The topological polar surface area (TPSA) is 44.1 Å². The van der Waals surface area contributed by atoms with Crippen LogP contribution in [0.5, 0.6) is 0 Å². The molecule has 7 aromatic carbocycles. The minimum absolute atomic E-state index is 0.0805. The van der Waals surface area contributed by atoms with Gasteiger partial charge in [0.1, 0.15) is 22.5 Å². The van der Waals surface area contributed by atoms with Gasteiger partial charge in [-0.3, -0.25) is 0 Å². The Balaban J connectivity index is 1.01. The van der Waals surface area contributed by atoms with Crippen molar-refractivity contribution in [2.45, 2.75) is 12.3 Å². The first kappa shape index (κ1) is 31.9. The quantitative estimate of drug-likeness (QED) is 0.177. The zero-order valence-electron chi connectivity index (χ0n) is 30.9. The van der Waals surface area contributed by atoms with E-state index in [1.165, 1.54) is 27.4 Å². The summed E-state index contributed by atoms with van der Waals surface area (Å²) >= 11 is 0. The van der Waals surface area contributed by atoms with E-state index in [1.54, 1.807) is 0 Å². The highest BCUT2D eigenvalue weighted by atomic mass is 16.3. The van der Waals surface area contributed by atoms with Gasteiger partial charge in [-0.15, -0.1) is 0 Å². The maximum absolute atomic E-state index is 6.92. The Morgan fingerprint density at radius 2 is 1.21 bits per heavy atom. The molecular weight excluding hydrogens is 697 g/mol. The monoisotopic (exact) mass is 730 g/mol. The Labute approximate surface area is 328 Å². The Morgan fingerprint density at radius 3 is 2.09 bits per heavy atom. The van der Waals surface area contributed by atoms with E-state index in [0.29, 0.717) is 0 Å². The lowest BCUT2D eigenvalue weighted by atomic mass is 9.85. The van der Waals surface area contributed by atoms with Crippen LogP contribution in [0.3, 0.4) is 0 Å². The van der Waals surface area contributed by atoms with Crippen molar-refractivity contribution in [3.63, 3.8) is 0 Å². The lowest BCUT2D eigenvalue weighted by Crippen LogP contribution is -2.04. The van der Waals surface area contributed by atoms with Crippen molar-refractivity contribution in [2.75, 3.05) is 0 Å². The lowest BCUT2D eigenvalue weighted by Gasteiger charge is -2.18. The van der Waals surface area contributed by atoms with Crippen molar-refractivity contribution in [3.8, 4) is 39.3 Å². The summed E-state index contributed by atoms with van der Waals surface area (Å²) in [4.78, 5) is 5.25. The van der Waals surface area contributed by atoms with Crippen LogP contribution in [0.2, 0.25) is 0 Å². The van der Waals surface area contributed by atoms with Crippen LogP contribution >= 0.6 is 0 Å². The third-order valence-corrected chi connectivity index (χ3v) is 11.7. The summed E-state index contributed by atoms with van der Waals surface area (Å²) in [6.45, 7) is 0. The summed E-state index contributed by atoms with van der Waals surface area (Å²) in [5.74, 6) is 1.09. The van der Waals surface area contributed by atoms with E-state index in [-0.39, 0.29) is 5.92 Å². The number of hydrogen-bond donors (Lipinski definition) is 0. The van der Waals surface area contributed by atoms with E-state index < -0.39 is 0 Å². The van der Waals surface area contributed by atoms with Gasteiger partial charge in [-0.25, -0.2) is 4.98 Å². The summed E-state index contributed by atoms with van der Waals surface area (Å²) in [7, 11) is 0. The number of rotatable bonds is 5. The van der Waals surface area contributed by atoms with E-state index in [9.17, 15) is 0 Å². The van der Waals surface area contributed by atoms with Crippen molar-refractivity contribution in [2.24, 2.45) is 0 Å². The second kappa shape index (κ2) is 12.6. The Hall–Kier alpha value is -7.43. The Morgan fingerprint density at radius 1 is 0.491 bits per heavy atom. The molecule has 0 amide bonds. The molecular formula is C53H34N2O2. The molecule has 0 aliphatic heterocycles. The molecule has 0 saturated carbocycles. The van der Waals surface area contributed by atoms with Crippen LogP contribution in [0, 0.1) is 0 Å². The molecule has 4 nitrogen and oxygen atoms in total. The number of allylic oxidation sites excluding steroid dienone is 1. The van der Waals surface area contributed by atoms with Crippen molar-refractivity contribution < 1.29 is 8.83 Å². The average Bonchev–Trinajstić information content (AvgIpc) is 3.96. The first-order valence-corrected chi connectivity index (χ1v) is 19.6. The van der Waals surface area contributed by atoms with Gasteiger partial charge >= 0.3 is 0 Å². The van der Waals surface area contributed by atoms with Crippen LogP contribution < -0.4 is 0 Å². The first-order chi connectivity index (χ1) is 28.2. The standard InChI is InChI=1S/C53H34N2O2/c1-3-13-33(14-4-1)45-30-36(31-46(54-45)35-25-27-42-41-18-8-10-23-49(41)56-51(42)32-35)38-19-12-24-50-52(38)43-21-11-20-39(53(43)57-50)34-26-28-48-44(29-34)40-17-7-9-22-47(40)55(48)37-15-5-2-6-16-37/h1-19,21-32,39H,20H2. The van der Waals surface area contributed by atoms with Crippen molar-refractivity contribution in [1.29, 1.82) is 0 Å². The van der Waals surface area contributed by atoms with Gasteiger partial charge in [0.15, 0.2) is 0 Å². The molecule has 11 aromatic rings. The molecule has 1 atom stereocenters. The summed E-state index contributed by atoms with van der Waals surface area (Å²) < 4.78 is 15.6. The Bertz CT molecular complexity index is 3380. The highest BCUT2D eigenvalue weighted by Crippen LogP contribution is 2.46. The van der Waals surface area contributed by atoms with Crippen molar-refractivity contribution in [3.05, 3.63) is 199 Å². The minimum Gasteiger partial charge on any atom is -0.460 e. The number of hydrogen-bond acceptors (Lipinski definition) is 3. The molecule has 0 fully saturated rings. The fourth-order valence-electron chi connectivity index (χ4n) is 9.11. The number of nitrogens with zero attached hydrogens (tertiary/aromatic N) is 2. The molecule has 4 aromatic heterocycles. The zero-order chi connectivity index (χ0) is 37.5. The maximum Gasteiger partial charge on any atom is 0.136 e. The zero-order valence-corrected chi connectivity index (χ0v) is 30.9. The smallest absolute Gasteiger partial charge is 0.136 e. The van der Waals surface area contributed by atoms with Crippen LogP contribution in [-0.2, 0) is 0 Å². The molecule has 0 saturated heterocycles. The van der Waals surface area contributed by atoms with Crippen LogP contribution in [0.15, 0.2) is 191 Å². The van der Waals surface area contributed by atoms with Crippen LogP contribution in [-0.4, -0.2) is 9.55 Å². The maximum atomic E-state index is 6.92. The summed E-state index contributed by atoms with van der Waals surface area (Å²) in [5.41, 5.74) is 14.7. The van der Waals surface area contributed by atoms with E-state index in [4.69, 9.17) is 13.8 Å². The van der Waals surface area contributed by atoms with Gasteiger partial charge in [-0.2, -0.15) is 0 Å². The number of benzene rings is 7. The molecule has 4 heterocycles. The number of furan rings is 2. The predicted octanol–water partition coefficient (Wildman–Crippen LogP) is 14.4. The van der Waals surface area contributed by atoms with Gasteiger partial charge in [0.25, 0.3) is 0 Å². The summed E-state index contributed by atoms with van der Waals surface area (Å²) in [6.07, 6.45) is 5.44. The van der Waals surface area contributed by atoms with Gasteiger partial charge < -0.3 is 13.4 Å². The second-order valence-corrected chi connectivity index (χ2v) is 15.0. The number of aromatic nitrogens is 2. The molecule has 4 heteroatoms. The molecule has 1 aliphatic rings. The second-order valence-electron chi connectivity index (χ2n) is 15.0. The molecule has 0 radical (unpaired) electrons. The average molecular weight is 731 g/mol. The largest absolute Gasteiger partial charge is 0.460 e. The van der Waals surface area contributed by atoms with Crippen molar-refractivity contribution in [1.82, 2.24) is 9.55 Å². The Kier molecular flexibility index (Phi) is 7.02. The van der Waals surface area contributed by atoms with E-state index in [0.717, 1.165) is 90.0 Å². The van der Waals surface area contributed by atoms with Crippen LogP contribution in [0.1, 0.15) is 29.2 Å². The first-order valence-electron chi connectivity index (χ1n) is 19.6. The number of pyridine rings is 1. The van der Waals surface area contributed by atoms with E-state index in [1.807, 2.05) is 18.2 Å².